The standard InChI is InChI=1S/C11H25N3O2/c1-5-14(6-2)8-10-16-9-7-12-11(15)13(3)4/h5-10H2,1-4H3,(H,12,15). The summed E-state index contributed by atoms with van der Waals surface area (Å²) in [6, 6.07) is -0.0765. The second-order valence-corrected chi connectivity index (χ2v) is 3.77. The highest BCUT2D eigenvalue weighted by Crippen LogP contribution is 1.86. The van der Waals surface area contributed by atoms with E-state index in [1.54, 1.807) is 14.1 Å². The number of nitrogens with one attached hydrogen (secondary N) is 1. The number of amides is 2. The van der Waals surface area contributed by atoms with Gasteiger partial charge in [0.25, 0.3) is 0 Å². The Kier molecular flexibility index (Phi) is 8.94. The van der Waals surface area contributed by atoms with Crippen LogP contribution in [0.5, 0.6) is 0 Å². The van der Waals surface area contributed by atoms with Crippen molar-refractivity contribution in [1.29, 1.82) is 0 Å². The first-order chi connectivity index (χ1) is 7.61. The molecule has 96 valence electrons. The first kappa shape index (κ1) is 15.2. The average molecular weight is 231 g/mol. The van der Waals surface area contributed by atoms with Crippen LogP contribution >= 0.6 is 0 Å². The first-order valence-corrected chi connectivity index (χ1v) is 5.87. The molecule has 0 heterocycles. The molecule has 0 fully saturated rings. The summed E-state index contributed by atoms with van der Waals surface area (Å²) in [7, 11) is 3.44. The zero-order chi connectivity index (χ0) is 12.4. The maximum Gasteiger partial charge on any atom is 0.316 e. The predicted molar refractivity (Wildman–Crippen MR) is 65.7 cm³/mol. The van der Waals surface area contributed by atoms with E-state index >= 15 is 0 Å². The van der Waals surface area contributed by atoms with Crippen molar-refractivity contribution in [2.24, 2.45) is 0 Å². The van der Waals surface area contributed by atoms with E-state index in [1.165, 1.54) is 4.90 Å². The quantitative estimate of drug-likeness (QED) is 0.623. The van der Waals surface area contributed by atoms with Crippen LogP contribution in [0.2, 0.25) is 0 Å². The van der Waals surface area contributed by atoms with Gasteiger partial charge in [-0.25, -0.2) is 4.79 Å². The summed E-state index contributed by atoms with van der Waals surface area (Å²) < 4.78 is 5.42. The van der Waals surface area contributed by atoms with Crippen molar-refractivity contribution >= 4 is 6.03 Å². The Hall–Kier alpha value is -0.810. The minimum atomic E-state index is -0.0765. The molecule has 0 aromatic carbocycles. The van der Waals surface area contributed by atoms with Gasteiger partial charge in [0.15, 0.2) is 0 Å². The van der Waals surface area contributed by atoms with E-state index in [4.69, 9.17) is 4.74 Å². The maximum absolute atomic E-state index is 11.1. The monoisotopic (exact) mass is 231 g/mol. The van der Waals surface area contributed by atoms with Crippen molar-refractivity contribution in [3.8, 4) is 0 Å². The first-order valence-electron chi connectivity index (χ1n) is 5.87. The molecule has 0 spiro atoms. The molecule has 0 saturated heterocycles. The third kappa shape index (κ3) is 7.48. The maximum atomic E-state index is 11.1. The number of urea groups is 1. The largest absolute Gasteiger partial charge is 0.378 e. The van der Waals surface area contributed by atoms with Crippen molar-refractivity contribution in [1.82, 2.24) is 15.1 Å². The lowest BCUT2D eigenvalue weighted by Crippen LogP contribution is -2.36. The van der Waals surface area contributed by atoms with Crippen LogP contribution in [-0.4, -0.2) is 69.3 Å². The molecule has 0 unspecified atom stereocenters. The Morgan fingerprint density at radius 3 is 2.31 bits per heavy atom. The minimum Gasteiger partial charge on any atom is -0.378 e. The molecular weight excluding hydrogens is 206 g/mol. The molecule has 0 aliphatic carbocycles. The summed E-state index contributed by atoms with van der Waals surface area (Å²) in [6.07, 6.45) is 0. The fraction of sp³-hybridized carbons (Fsp3) is 0.909. The number of carbonyl (C=O) groups excluding carboxylic acids is 1. The van der Waals surface area contributed by atoms with Crippen LogP contribution in [0.1, 0.15) is 13.8 Å². The normalized spacial score (nSPS) is 10.6. The van der Waals surface area contributed by atoms with Crippen LogP contribution in [0.25, 0.3) is 0 Å². The number of hydrogen-bond donors (Lipinski definition) is 1. The summed E-state index contributed by atoms with van der Waals surface area (Å²) >= 11 is 0. The molecule has 16 heavy (non-hydrogen) atoms. The van der Waals surface area contributed by atoms with Gasteiger partial charge in [-0.2, -0.15) is 0 Å². The molecule has 1 N–H and O–H groups in total. The number of likely N-dealkylation sites (N-methyl/N-ethyl adjacent to an activating group) is 1. The zero-order valence-electron chi connectivity index (χ0n) is 11.0. The van der Waals surface area contributed by atoms with E-state index in [0.717, 1.165) is 26.2 Å². The predicted octanol–water partition coefficient (Wildman–Crippen LogP) is 0.616. The molecule has 2 amide bonds. The van der Waals surface area contributed by atoms with Crippen LogP contribution in [0, 0.1) is 0 Å². The molecular formula is C11H25N3O2. The molecule has 0 aliphatic rings. The summed E-state index contributed by atoms with van der Waals surface area (Å²) in [4.78, 5) is 14.9. The van der Waals surface area contributed by atoms with Crippen molar-refractivity contribution in [2.45, 2.75) is 13.8 Å². The average Bonchev–Trinajstić information content (AvgIpc) is 2.27. The van der Waals surface area contributed by atoms with Crippen LogP contribution in [0.15, 0.2) is 0 Å². The van der Waals surface area contributed by atoms with Crippen LogP contribution in [0.4, 0.5) is 4.79 Å². The van der Waals surface area contributed by atoms with Gasteiger partial charge in [0.05, 0.1) is 13.2 Å². The van der Waals surface area contributed by atoms with Crippen molar-refractivity contribution in [3.05, 3.63) is 0 Å². The third-order valence-electron chi connectivity index (χ3n) is 2.38. The van der Waals surface area contributed by atoms with Crippen molar-refractivity contribution in [2.75, 3.05) is 53.5 Å². The second-order valence-electron chi connectivity index (χ2n) is 3.77. The fourth-order valence-corrected chi connectivity index (χ4v) is 1.22. The van der Waals surface area contributed by atoms with Gasteiger partial charge in [0, 0.05) is 27.2 Å². The summed E-state index contributed by atoms with van der Waals surface area (Å²) in [5.41, 5.74) is 0. The second kappa shape index (κ2) is 9.42. The number of hydrogen-bond acceptors (Lipinski definition) is 3. The Bertz CT molecular complexity index is 182. The van der Waals surface area contributed by atoms with Crippen LogP contribution < -0.4 is 5.32 Å². The Morgan fingerprint density at radius 2 is 1.81 bits per heavy atom. The highest BCUT2D eigenvalue weighted by Gasteiger charge is 2.01. The van der Waals surface area contributed by atoms with Gasteiger partial charge in [-0.1, -0.05) is 13.8 Å². The fourth-order valence-electron chi connectivity index (χ4n) is 1.22. The molecule has 0 radical (unpaired) electrons. The Morgan fingerprint density at radius 1 is 1.19 bits per heavy atom. The van der Waals surface area contributed by atoms with Gasteiger partial charge in [0.1, 0.15) is 0 Å². The summed E-state index contributed by atoms with van der Waals surface area (Å²) in [6.45, 7) is 9.19. The van der Waals surface area contributed by atoms with Crippen molar-refractivity contribution < 1.29 is 9.53 Å². The van der Waals surface area contributed by atoms with Gasteiger partial charge in [-0.05, 0) is 13.1 Å². The number of nitrogens with zero attached hydrogens (tertiary/aromatic N) is 2. The molecule has 0 aromatic heterocycles. The van der Waals surface area contributed by atoms with E-state index in [-0.39, 0.29) is 6.03 Å². The molecule has 0 rings (SSSR count). The molecule has 5 nitrogen and oxygen atoms in total. The van der Waals surface area contributed by atoms with E-state index in [9.17, 15) is 4.79 Å². The van der Waals surface area contributed by atoms with Crippen LogP contribution in [-0.2, 0) is 4.74 Å². The topological polar surface area (TPSA) is 44.8 Å². The SMILES string of the molecule is CCN(CC)CCOCCNC(=O)N(C)C. The highest BCUT2D eigenvalue weighted by atomic mass is 16.5. The van der Waals surface area contributed by atoms with Crippen molar-refractivity contribution in [3.63, 3.8) is 0 Å². The lowest BCUT2D eigenvalue weighted by Gasteiger charge is -2.17. The Balaban J connectivity index is 3.30. The van der Waals surface area contributed by atoms with Crippen LogP contribution in [0.3, 0.4) is 0 Å². The van der Waals surface area contributed by atoms with Gasteiger partial charge in [0.2, 0.25) is 0 Å². The number of carbonyl (C=O) groups is 1. The summed E-state index contributed by atoms with van der Waals surface area (Å²) in [5, 5.41) is 2.75. The lowest BCUT2D eigenvalue weighted by atomic mass is 10.5. The summed E-state index contributed by atoms with van der Waals surface area (Å²) in [5.74, 6) is 0. The molecule has 0 saturated carbocycles. The minimum absolute atomic E-state index is 0.0765. The van der Waals surface area contributed by atoms with E-state index in [1.807, 2.05) is 0 Å². The number of ether oxygens (including phenoxy) is 1. The van der Waals surface area contributed by atoms with Gasteiger partial charge in [-0.3, -0.25) is 0 Å². The smallest absolute Gasteiger partial charge is 0.316 e. The van der Waals surface area contributed by atoms with E-state index in [0.29, 0.717) is 13.2 Å². The third-order valence-corrected chi connectivity index (χ3v) is 2.38. The molecule has 5 heteroatoms. The van der Waals surface area contributed by atoms with Gasteiger partial charge < -0.3 is 19.9 Å². The molecule has 0 aromatic rings. The molecule has 0 atom stereocenters. The highest BCUT2D eigenvalue weighted by molar-refractivity contribution is 5.73. The number of rotatable bonds is 8. The van der Waals surface area contributed by atoms with Gasteiger partial charge >= 0.3 is 6.03 Å². The zero-order valence-corrected chi connectivity index (χ0v) is 11.0. The molecule has 0 bridgehead atoms. The van der Waals surface area contributed by atoms with E-state index in [2.05, 4.69) is 24.1 Å². The van der Waals surface area contributed by atoms with Gasteiger partial charge in [-0.15, -0.1) is 0 Å². The Labute approximate surface area is 98.7 Å². The van der Waals surface area contributed by atoms with E-state index < -0.39 is 0 Å². The lowest BCUT2D eigenvalue weighted by molar-refractivity contribution is 0.108. The molecule has 0 aliphatic heterocycles.